The first kappa shape index (κ1) is 24.8. The van der Waals surface area contributed by atoms with Gasteiger partial charge in [-0.2, -0.15) is 0 Å². The topological polar surface area (TPSA) is 231 Å². The second-order valence-electron chi connectivity index (χ2n) is 7.72. The Morgan fingerprint density at radius 2 is 1.66 bits per heavy atom. The van der Waals surface area contributed by atoms with Crippen molar-refractivity contribution in [2.24, 2.45) is 28.7 Å². The number of nitrogens with two attached hydrogens (primary N) is 5. The molecule has 0 amide bonds. The van der Waals surface area contributed by atoms with Gasteiger partial charge in [0.15, 0.2) is 6.29 Å². The summed E-state index contributed by atoms with van der Waals surface area (Å²) >= 11 is 0. The predicted octanol–water partition coefficient (Wildman–Crippen LogP) is -5.15. The normalized spacial score (nSPS) is 43.4. The smallest absolute Gasteiger partial charge is 0.176 e. The molecule has 0 aromatic rings. The van der Waals surface area contributed by atoms with Gasteiger partial charge in [-0.1, -0.05) is 0 Å². The van der Waals surface area contributed by atoms with E-state index in [1.165, 1.54) is 0 Å². The summed E-state index contributed by atoms with van der Waals surface area (Å²) in [5.41, 5.74) is 29.2. The molecule has 1 aliphatic heterocycles. The largest absolute Gasteiger partial charge is 0.389 e. The highest BCUT2D eigenvalue weighted by Crippen LogP contribution is 2.28. The molecule has 10 atom stereocenters. The molecule has 12 nitrogen and oxygen atoms in total. The predicted molar refractivity (Wildman–Crippen MR) is 105 cm³/mol. The molecular weight excluding hydrogens is 384 g/mol. The van der Waals surface area contributed by atoms with Crippen LogP contribution in [0.1, 0.15) is 12.8 Å². The maximum atomic E-state index is 10.6. The first-order chi connectivity index (χ1) is 13.8. The number of aliphatic hydroxyl groups excluding tert-OH is 3. The third-order valence-electron chi connectivity index (χ3n) is 5.48. The van der Waals surface area contributed by atoms with Crippen LogP contribution in [0.5, 0.6) is 0 Å². The molecule has 29 heavy (non-hydrogen) atoms. The maximum absolute atomic E-state index is 10.6. The lowest BCUT2D eigenvalue weighted by molar-refractivity contribution is -0.290. The third kappa shape index (κ3) is 6.26. The maximum Gasteiger partial charge on any atom is 0.176 e. The molecule has 2 rings (SSSR count). The van der Waals surface area contributed by atoms with Crippen LogP contribution in [0, 0.1) is 0 Å². The molecule has 1 aliphatic carbocycles. The van der Waals surface area contributed by atoms with E-state index in [0.29, 0.717) is 26.1 Å². The van der Waals surface area contributed by atoms with Crippen molar-refractivity contribution >= 4 is 0 Å². The fourth-order valence-electron chi connectivity index (χ4n) is 3.69. The molecule has 0 aromatic heterocycles. The average Bonchev–Trinajstić information content (AvgIpc) is 2.70. The zero-order valence-electron chi connectivity index (χ0n) is 16.7. The number of aliphatic hydroxyl groups is 3. The Morgan fingerprint density at radius 1 is 0.931 bits per heavy atom. The Bertz CT molecular complexity index is 478. The quantitative estimate of drug-likeness (QED) is 0.150. The molecule has 0 aromatic carbocycles. The minimum Gasteiger partial charge on any atom is -0.389 e. The van der Waals surface area contributed by atoms with Crippen LogP contribution >= 0.6 is 0 Å². The molecule has 14 N–H and O–H groups in total. The Balaban J connectivity index is 2.01. The SMILES string of the molecule is NCCCNCCO[C@@H]1[C@@H](O)[C@H](N)C[C@H](N)[C@H]1O[C@H]1O[C@H](CN)[C@@H](O)[C@H](O)[C@H]1N. The standard InChI is InChI=1S/C17H38N6O6/c18-2-1-3-23-4-5-27-16-12(24)8(20)6-9(21)15(16)29-17-11(22)14(26)13(25)10(7-19)28-17/h8-17,23-26H,1-7,18-22H2/t8-,9+,10-,11-,12+,13-,14-,15-,16-,17-/m1/s1. The van der Waals surface area contributed by atoms with Crippen molar-refractivity contribution in [2.75, 3.05) is 32.8 Å². The first-order valence-electron chi connectivity index (χ1n) is 10.2. The summed E-state index contributed by atoms with van der Waals surface area (Å²) in [7, 11) is 0. The van der Waals surface area contributed by atoms with Gasteiger partial charge in [0.05, 0.1) is 18.8 Å². The van der Waals surface area contributed by atoms with Crippen LogP contribution in [0.3, 0.4) is 0 Å². The van der Waals surface area contributed by atoms with E-state index in [1.807, 2.05) is 0 Å². The summed E-state index contributed by atoms with van der Waals surface area (Å²) in [5, 5.41) is 33.9. The van der Waals surface area contributed by atoms with E-state index in [4.69, 9.17) is 42.9 Å². The number of rotatable bonds is 10. The summed E-state index contributed by atoms with van der Waals surface area (Å²) in [4.78, 5) is 0. The second kappa shape index (κ2) is 11.8. The van der Waals surface area contributed by atoms with Gasteiger partial charge in [-0.15, -0.1) is 0 Å². The highest BCUT2D eigenvalue weighted by atomic mass is 16.7. The van der Waals surface area contributed by atoms with Gasteiger partial charge in [-0.05, 0) is 25.9 Å². The van der Waals surface area contributed by atoms with Crippen molar-refractivity contribution in [1.82, 2.24) is 5.32 Å². The van der Waals surface area contributed by atoms with E-state index >= 15 is 0 Å². The molecule has 0 radical (unpaired) electrons. The first-order valence-corrected chi connectivity index (χ1v) is 10.2. The highest BCUT2D eigenvalue weighted by molar-refractivity contribution is 5.00. The van der Waals surface area contributed by atoms with Gasteiger partial charge in [-0.3, -0.25) is 0 Å². The Kier molecular flexibility index (Phi) is 10.1. The van der Waals surface area contributed by atoms with E-state index < -0.39 is 61.0 Å². The van der Waals surface area contributed by atoms with E-state index in [9.17, 15) is 15.3 Å². The second-order valence-corrected chi connectivity index (χ2v) is 7.72. The molecule has 1 heterocycles. The van der Waals surface area contributed by atoms with Crippen LogP contribution < -0.4 is 34.0 Å². The van der Waals surface area contributed by atoms with Crippen molar-refractivity contribution in [3.8, 4) is 0 Å². The van der Waals surface area contributed by atoms with Crippen LogP contribution in [0.25, 0.3) is 0 Å². The fraction of sp³-hybridized carbons (Fsp3) is 1.00. The number of hydrogen-bond donors (Lipinski definition) is 9. The minimum absolute atomic E-state index is 0.0244. The van der Waals surface area contributed by atoms with Crippen LogP contribution in [0.15, 0.2) is 0 Å². The van der Waals surface area contributed by atoms with Gasteiger partial charge < -0.3 is 63.5 Å². The lowest BCUT2D eigenvalue weighted by atomic mass is 9.84. The van der Waals surface area contributed by atoms with Crippen molar-refractivity contribution < 1.29 is 29.5 Å². The Hall–Kier alpha value is -0.480. The molecule has 2 aliphatic rings. The minimum atomic E-state index is -1.28. The van der Waals surface area contributed by atoms with Crippen LogP contribution in [-0.4, -0.2) is 109 Å². The molecule has 0 unspecified atom stereocenters. The number of nitrogens with one attached hydrogen (secondary N) is 1. The summed E-state index contributed by atoms with van der Waals surface area (Å²) in [5.74, 6) is 0. The Labute approximate surface area is 171 Å². The van der Waals surface area contributed by atoms with Crippen molar-refractivity contribution in [1.29, 1.82) is 0 Å². The van der Waals surface area contributed by atoms with Crippen molar-refractivity contribution in [3.63, 3.8) is 0 Å². The van der Waals surface area contributed by atoms with Gasteiger partial charge in [0.2, 0.25) is 0 Å². The molecule has 2 fully saturated rings. The fourth-order valence-corrected chi connectivity index (χ4v) is 3.69. The Morgan fingerprint density at radius 3 is 2.31 bits per heavy atom. The zero-order valence-corrected chi connectivity index (χ0v) is 16.7. The van der Waals surface area contributed by atoms with E-state index in [0.717, 1.165) is 13.0 Å². The summed E-state index contributed by atoms with van der Waals surface area (Å²) in [6, 6.07) is -2.13. The van der Waals surface area contributed by atoms with Crippen LogP contribution in [0.2, 0.25) is 0 Å². The molecule has 0 bridgehead atoms. The highest BCUT2D eigenvalue weighted by Gasteiger charge is 2.48. The lowest BCUT2D eigenvalue weighted by Crippen LogP contribution is -2.67. The van der Waals surface area contributed by atoms with Crippen molar-refractivity contribution in [3.05, 3.63) is 0 Å². The molecule has 1 saturated carbocycles. The summed E-state index contributed by atoms with van der Waals surface area (Å²) in [6.45, 7) is 2.19. The molecule has 12 heteroatoms. The molecular formula is C17H38N6O6. The van der Waals surface area contributed by atoms with Gasteiger partial charge >= 0.3 is 0 Å². The van der Waals surface area contributed by atoms with Gasteiger partial charge in [0.1, 0.15) is 30.5 Å². The van der Waals surface area contributed by atoms with Crippen molar-refractivity contribution in [2.45, 2.75) is 73.9 Å². The molecule has 0 spiro atoms. The molecule has 172 valence electrons. The summed E-state index contributed by atoms with van der Waals surface area (Å²) in [6.07, 6.45) is -5.83. The van der Waals surface area contributed by atoms with E-state index in [-0.39, 0.29) is 6.54 Å². The number of hydrogen-bond acceptors (Lipinski definition) is 12. The van der Waals surface area contributed by atoms with Crippen LogP contribution in [0.4, 0.5) is 0 Å². The summed E-state index contributed by atoms with van der Waals surface area (Å²) < 4.78 is 17.4. The van der Waals surface area contributed by atoms with Gasteiger partial charge in [0.25, 0.3) is 0 Å². The molecule has 1 saturated heterocycles. The van der Waals surface area contributed by atoms with Crippen LogP contribution in [-0.2, 0) is 14.2 Å². The number of ether oxygens (including phenoxy) is 3. The zero-order chi connectivity index (χ0) is 21.6. The average molecular weight is 423 g/mol. The van der Waals surface area contributed by atoms with Gasteiger partial charge in [0, 0.05) is 25.2 Å². The van der Waals surface area contributed by atoms with Gasteiger partial charge in [-0.25, -0.2) is 0 Å². The monoisotopic (exact) mass is 422 g/mol. The van der Waals surface area contributed by atoms with E-state index in [1.54, 1.807) is 0 Å². The van der Waals surface area contributed by atoms with E-state index in [2.05, 4.69) is 5.32 Å². The lowest BCUT2D eigenvalue weighted by Gasteiger charge is -2.46. The third-order valence-corrected chi connectivity index (χ3v) is 5.48.